The number of carbonyl (C=O) groups is 5. The molecule has 0 aromatic heterocycles. The zero-order valence-electron chi connectivity index (χ0n) is 29.5. The molecule has 1 aromatic rings. The van der Waals surface area contributed by atoms with Gasteiger partial charge in [0, 0.05) is 42.9 Å². The Labute approximate surface area is 292 Å². The fourth-order valence-electron chi connectivity index (χ4n) is 5.97. The minimum atomic E-state index is -1.04. The van der Waals surface area contributed by atoms with Crippen LogP contribution in [-0.4, -0.2) is 91.6 Å². The molecule has 0 fully saturated rings. The van der Waals surface area contributed by atoms with Gasteiger partial charge in [0.25, 0.3) is 5.91 Å². The molecular formula is C37H47N3O10. The lowest BCUT2D eigenvalue weighted by atomic mass is 9.85. The topological polar surface area (TPSA) is 198 Å². The van der Waals surface area contributed by atoms with E-state index in [0.717, 1.165) is 11.0 Å². The molecule has 1 aromatic carbocycles. The summed E-state index contributed by atoms with van der Waals surface area (Å²) in [5, 5.41) is 11.3. The van der Waals surface area contributed by atoms with Crippen LogP contribution in [0.4, 0.5) is 4.79 Å². The number of allylic oxidation sites excluding steroid dienone is 4. The molecule has 0 unspecified atom stereocenters. The number of rotatable bonds is 7. The van der Waals surface area contributed by atoms with Gasteiger partial charge in [-0.2, -0.15) is 0 Å². The first kappa shape index (κ1) is 39.6. The van der Waals surface area contributed by atoms with E-state index in [4.69, 9.17) is 30.4 Å². The fourth-order valence-corrected chi connectivity index (χ4v) is 5.97. The third-order valence-electron chi connectivity index (χ3n) is 8.80. The summed E-state index contributed by atoms with van der Waals surface area (Å²) >= 11 is 0. The number of Topliss-reactive ketones (excluding diaryl/α,β-unsaturated/α-hetero) is 2. The lowest BCUT2D eigenvalue weighted by Gasteiger charge is -2.30. The second-order valence-electron chi connectivity index (χ2n) is 12.5. The molecule has 1 aliphatic heterocycles. The molecule has 6 atom stereocenters. The molecule has 0 saturated heterocycles. The van der Waals surface area contributed by atoms with Crippen molar-refractivity contribution in [2.45, 2.75) is 65.0 Å². The number of methoxy groups -OCH3 is 3. The standard InChI is InChI=1S/C37H47N3O10/c1-20-15-26-32(38)28(41)18-27(34(26)44)40(19-29(42)24-11-13-25(47-5)14-12-24)36(45)21(2)9-8-10-30(48-6)35(50-37(39)46)23(4)17-22(3)33(43)31(16-20)49-7/h8-14,17-18,20,22,30-31,33,35,43H,15-16,19,38H2,1-7H3,(H2,39,46)/b10-8-,21-9+,23-17+/t20-,22+,30+,31+,33-,35+/m1/s1. The molecule has 50 heavy (non-hydrogen) atoms. The molecule has 2 bridgehead atoms. The molecule has 3 rings (SSSR count). The molecule has 13 nitrogen and oxygen atoms in total. The number of nitrogens with zero attached hydrogens (tertiary/aromatic N) is 1. The maximum atomic E-state index is 14.1. The van der Waals surface area contributed by atoms with Crippen LogP contribution in [0.15, 0.2) is 82.8 Å². The first-order valence-electron chi connectivity index (χ1n) is 16.1. The van der Waals surface area contributed by atoms with Gasteiger partial charge in [0.2, 0.25) is 11.6 Å². The van der Waals surface area contributed by atoms with Gasteiger partial charge in [0.1, 0.15) is 11.9 Å². The number of carbonyl (C=O) groups excluding carboxylic acids is 5. The van der Waals surface area contributed by atoms with Gasteiger partial charge in [-0.05, 0) is 62.4 Å². The van der Waals surface area contributed by atoms with E-state index in [-0.39, 0.29) is 46.9 Å². The van der Waals surface area contributed by atoms with Gasteiger partial charge in [-0.3, -0.25) is 24.1 Å². The Kier molecular flexibility index (Phi) is 14.0. The Bertz CT molecular complexity index is 1620. The van der Waals surface area contributed by atoms with E-state index in [9.17, 15) is 29.1 Å². The SMILES string of the molecule is COc1ccc(C(=O)CN2C(=O)/C(C)=C/C=C\[C@H](OC)[C@@H](OC(N)=O)/C(C)=C/[C@H](C)[C@@H](O)[C@@H](OC)C[C@H](C)CC3=C(N)C(=O)C=C2C3=O)cc1. The van der Waals surface area contributed by atoms with Gasteiger partial charge in [-0.25, -0.2) is 4.79 Å². The Hall–Kier alpha value is -4.85. The molecule has 13 heteroatoms. The van der Waals surface area contributed by atoms with Crippen LogP contribution < -0.4 is 16.2 Å². The van der Waals surface area contributed by atoms with Gasteiger partial charge in [-0.1, -0.05) is 38.2 Å². The van der Waals surface area contributed by atoms with Crippen molar-refractivity contribution >= 4 is 29.4 Å². The van der Waals surface area contributed by atoms with Gasteiger partial charge in [0.15, 0.2) is 11.9 Å². The zero-order valence-corrected chi connectivity index (χ0v) is 29.5. The Morgan fingerprint density at radius 1 is 1.02 bits per heavy atom. The third kappa shape index (κ3) is 9.65. The van der Waals surface area contributed by atoms with Crippen molar-refractivity contribution in [3.8, 4) is 5.75 Å². The summed E-state index contributed by atoms with van der Waals surface area (Å²) in [6.07, 6.45) is 2.82. The quantitative estimate of drug-likeness (QED) is 0.215. The van der Waals surface area contributed by atoms with Crippen molar-refractivity contribution in [3.05, 3.63) is 88.3 Å². The number of benzene rings is 1. The summed E-state index contributed by atoms with van der Waals surface area (Å²) in [7, 11) is 4.34. The number of primary amides is 1. The van der Waals surface area contributed by atoms with Crippen LogP contribution in [0.1, 0.15) is 50.9 Å². The van der Waals surface area contributed by atoms with Gasteiger partial charge in [-0.15, -0.1) is 0 Å². The van der Waals surface area contributed by atoms with Crippen LogP contribution in [0.3, 0.4) is 0 Å². The highest BCUT2D eigenvalue weighted by Crippen LogP contribution is 2.30. The summed E-state index contributed by atoms with van der Waals surface area (Å²) in [5.41, 5.74) is 11.9. The number of ether oxygens (including phenoxy) is 4. The van der Waals surface area contributed by atoms with E-state index in [1.807, 2.05) is 6.92 Å². The second-order valence-corrected chi connectivity index (χ2v) is 12.5. The predicted octanol–water partition coefficient (Wildman–Crippen LogP) is 3.32. The normalized spacial score (nSPS) is 28.6. The number of hydrogen-bond donors (Lipinski definition) is 3. The summed E-state index contributed by atoms with van der Waals surface area (Å²) < 4.78 is 21.8. The number of ketones is 3. The highest BCUT2D eigenvalue weighted by Gasteiger charge is 2.36. The van der Waals surface area contributed by atoms with Crippen molar-refractivity contribution in [3.63, 3.8) is 0 Å². The molecule has 2 amide bonds. The maximum absolute atomic E-state index is 14.1. The number of aliphatic hydroxyl groups excluding tert-OH is 1. The lowest BCUT2D eigenvalue weighted by molar-refractivity contribution is -0.128. The van der Waals surface area contributed by atoms with E-state index in [2.05, 4.69) is 0 Å². The van der Waals surface area contributed by atoms with Crippen molar-refractivity contribution in [2.75, 3.05) is 27.9 Å². The van der Waals surface area contributed by atoms with Crippen LogP contribution in [0.5, 0.6) is 5.75 Å². The maximum Gasteiger partial charge on any atom is 0.405 e. The number of fused-ring (bicyclic) bond motifs is 2. The van der Waals surface area contributed by atoms with E-state index >= 15 is 0 Å². The Balaban J connectivity index is 2.18. The molecular weight excluding hydrogens is 646 g/mol. The molecule has 1 aliphatic carbocycles. The number of amides is 2. The number of nitrogens with two attached hydrogens (primary N) is 2. The highest BCUT2D eigenvalue weighted by molar-refractivity contribution is 6.23. The first-order chi connectivity index (χ1) is 23.6. The van der Waals surface area contributed by atoms with Gasteiger partial charge < -0.3 is 35.5 Å². The van der Waals surface area contributed by atoms with Crippen LogP contribution in [-0.2, 0) is 28.6 Å². The molecule has 2 aliphatic rings. The van der Waals surface area contributed by atoms with E-state index in [1.54, 1.807) is 38.1 Å². The summed E-state index contributed by atoms with van der Waals surface area (Å²) in [6.45, 7) is 6.21. The zero-order chi connectivity index (χ0) is 37.3. The lowest BCUT2D eigenvalue weighted by Crippen LogP contribution is -2.41. The van der Waals surface area contributed by atoms with Crippen molar-refractivity contribution in [2.24, 2.45) is 23.3 Å². The average Bonchev–Trinajstić information content (AvgIpc) is 3.09. The van der Waals surface area contributed by atoms with Crippen LogP contribution in [0.25, 0.3) is 0 Å². The average molecular weight is 694 g/mol. The van der Waals surface area contributed by atoms with Crippen molar-refractivity contribution in [1.82, 2.24) is 4.90 Å². The van der Waals surface area contributed by atoms with Crippen molar-refractivity contribution in [1.29, 1.82) is 0 Å². The summed E-state index contributed by atoms with van der Waals surface area (Å²) in [4.78, 5) is 67.7. The molecule has 0 spiro atoms. The van der Waals surface area contributed by atoms with Crippen LogP contribution in [0, 0.1) is 11.8 Å². The fraction of sp³-hybridized carbons (Fsp3) is 0.432. The smallest absolute Gasteiger partial charge is 0.405 e. The van der Waals surface area contributed by atoms with Gasteiger partial charge >= 0.3 is 6.09 Å². The molecule has 0 saturated carbocycles. The summed E-state index contributed by atoms with van der Waals surface area (Å²) in [6, 6.07) is 6.24. The summed E-state index contributed by atoms with van der Waals surface area (Å²) in [5.74, 6) is -2.88. The number of hydrogen-bond acceptors (Lipinski definition) is 11. The minimum Gasteiger partial charge on any atom is -0.497 e. The van der Waals surface area contributed by atoms with Gasteiger partial charge in [0.05, 0.1) is 37.3 Å². The third-order valence-corrected chi connectivity index (χ3v) is 8.80. The second kappa shape index (κ2) is 17.7. The molecule has 1 heterocycles. The largest absolute Gasteiger partial charge is 0.497 e. The first-order valence-corrected chi connectivity index (χ1v) is 16.1. The van der Waals surface area contributed by atoms with Crippen molar-refractivity contribution < 1.29 is 48.0 Å². The van der Waals surface area contributed by atoms with Crippen LogP contribution >= 0.6 is 0 Å². The van der Waals surface area contributed by atoms with E-state index < -0.39 is 66.2 Å². The van der Waals surface area contributed by atoms with E-state index in [1.165, 1.54) is 52.5 Å². The predicted molar refractivity (Wildman–Crippen MR) is 185 cm³/mol. The molecule has 0 radical (unpaired) electrons. The Morgan fingerprint density at radius 3 is 2.26 bits per heavy atom. The van der Waals surface area contributed by atoms with Crippen LogP contribution in [0.2, 0.25) is 0 Å². The molecule has 270 valence electrons. The minimum absolute atomic E-state index is 0.00310. The monoisotopic (exact) mass is 693 g/mol. The number of aliphatic hydroxyl groups is 1. The Morgan fingerprint density at radius 2 is 1.68 bits per heavy atom. The molecule has 5 N–H and O–H groups in total. The highest BCUT2D eigenvalue weighted by atomic mass is 16.6. The van der Waals surface area contributed by atoms with E-state index in [0.29, 0.717) is 11.3 Å².